The second kappa shape index (κ2) is 6.92. The highest BCUT2D eigenvalue weighted by molar-refractivity contribution is 7.90. The summed E-state index contributed by atoms with van der Waals surface area (Å²) >= 11 is 0. The fourth-order valence-corrected chi connectivity index (χ4v) is 3.72. The summed E-state index contributed by atoms with van der Waals surface area (Å²) in [7, 11) is -3.32. The van der Waals surface area contributed by atoms with Gasteiger partial charge in [-0.1, -0.05) is 36.8 Å². The zero-order chi connectivity index (χ0) is 18.8. The molecular formula is C19H20N2O4S. The molecule has 0 spiro atoms. The molecule has 2 amide bonds. The molecular weight excluding hydrogens is 352 g/mol. The van der Waals surface area contributed by atoms with Gasteiger partial charge in [-0.15, -0.1) is 0 Å². The minimum Gasteiger partial charge on any atom is -0.272 e. The number of benzene rings is 2. The summed E-state index contributed by atoms with van der Waals surface area (Å²) in [5, 5.41) is 0. The monoisotopic (exact) mass is 372 g/mol. The van der Waals surface area contributed by atoms with Gasteiger partial charge in [-0.25, -0.2) is 8.42 Å². The molecule has 1 saturated carbocycles. The molecule has 0 aliphatic heterocycles. The number of carbonyl (C=O) groups is 2. The van der Waals surface area contributed by atoms with Gasteiger partial charge in [-0.3, -0.25) is 20.4 Å². The lowest BCUT2D eigenvalue weighted by Gasteiger charge is -2.40. The maximum atomic E-state index is 12.7. The van der Waals surface area contributed by atoms with Crippen LogP contribution >= 0.6 is 0 Å². The van der Waals surface area contributed by atoms with Crippen molar-refractivity contribution in [1.29, 1.82) is 0 Å². The van der Waals surface area contributed by atoms with E-state index < -0.39 is 21.2 Å². The third-order valence-electron chi connectivity index (χ3n) is 4.80. The van der Waals surface area contributed by atoms with Crippen LogP contribution in [0, 0.1) is 0 Å². The molecule has 6 nitrogen and oxygen atoms in total. The van der Waals surface area contributed by atoms with Crippen LogP contribution in [0.25, 0.3) is 0 Å². The van der Waals surface area contributed by atoms with E-state index in [0.717, 1.165) is 31.1 Å². The fraction of sp³-hybridized carbons (Fsp3) is 0.263. The maximum Gasteiger partial charge on any atom is 0.269 e. The largest absolute Gasteiger partial charge is 0.272 e. The summed E-state index contributed by atoms with van der Waals surface area (Å²) in [6.45, 7) is 0. The van der Waals surface area contributed by atoms with E-state index in [1.54, 1.807) is 0 Å². The van der Waals surface area contributed by atoms with Gasteiger partial charge in [0.05, 0.1) is 10.3 Å². The van der Waals surface area contributed by atoms with Gasteiger partial charge in [0.25, 0.3) is 5.91 Å². The van der Waals surface area contributed by atoms with E-state index >= 15 is 0 Å². The molecule has 0 saturated heterocycles. The molecule has 0 radical (unpaired) electrons. The van der Waals surface area contributed by atoms with Crippen molar-refractivity contribution < 1.29 is 18.0 Å². The molecule has 1 aliphatic carbocycles. The summed E-state index contributed by atoms with van der Waals surface area (Å²) in [6, 6.07) is 15.1. The smallest absolute Gasteiger partial charge is 0.269 e. The van der Waals surface area contributed by atoms with Crippen LogP contribution in [-0.4, -0.2) is 26.5 Å². The van der Waals surface area contributed by atoms with Gasteiger partial charge < -0.3 is 0 Å². The predicted molar refractivity (Wildman–Crippen MR) is 97.1 cm³/mol. The van der Waals surface area contributed by atoms with Crippen LogP contribution in [0.1, 0.15) is 35.2 Å². The van der Waals surface area contributed by atoms with Crippen LogP contribution in [0.2, 0.25) is 0 Å². The molecule has 2 aromatic rings. The summed E-state index contributed by atoms with van der Waals surface area (Å²) < 4.78 is 22.9. The molecule has 0 bridgehead atoms. The first-order valence-electron chi connectivity index (χ1n) is 8.29. The van der Waals surface area contributed by atoms with E-state index in [1.807, 2.05) is 30.3 Å². The van der Waals surface area contributed by atoms with Crippen molar-refractivity contribution >= 4 is 21.7 Å². The van der Waals surface area contributed by atoms with Crippen LogP contribution in [0.15, 0.2) is 59.5 Å². The number of nitrogens with one attached hydrogen (secondary N) is 2. The first kappa shape index (κ1) is 18.1. The summed E-state index contributed by atoms with van der Waals surface area (Å²) in [5.74, 6) is -0.739. The number of hydrogen-bond acceptors (Lipinski definition) is 4. The second-order valence-electron chi connectivity index (χ2n) is 6.51. The molecule has 0 atom stereocenters. The Morgan fingerprint density at radius 1 is 0.923 bits per heavy atom. The van der Waals surface area contributed by atoms with Gasteiger partial charge in [0.1, 0.15) is 0 Å². The lowest BCUT2D eigenvalue weighted by atomic mass is 9.64. The van der Waals surface area contributed by atoms with Crippen LogP contribution in [-0.2, 0) is 20.0 Å². The Kier molecular flexibility index (Phi) is 4.82. The minimum atomic E-state index is -3.32. The first-order valence-corrected chi connectivity index (χ1v) is 10.2. The lowest BCUT2D eigenvalue weighted by molar-refractivity contribution is -0.130. The molecule has 3 rings (SSSR count). The standard InChI is InChI=1S/C19H20N2O4S/c1-26(24,25)16-10-8-14(9-11-16)17(22)20-21-18(23)19(12-5-13-19)15-6-3-2-4-7-15/h2-4,6-11H,5,12-13H2,1H3,(H,20,22)(H,21,23). The quantitative estimate of drug-likeness (QED) is 0.803. The molecule has 1 fully saturated rings. The summed E-state index contributed by atoms with van der Waals surface area (Å²) in [6.07, 6.45) is 3.54. The van der Waals surface area contributed by atoms with Gasteiger partial charge in [0, 0.05) is 11.8 Å². The van der Waals surface area contributed by atoms with Crippen molar-refractivity contribution in [2.45, 2.75) is 29.6 Å². The van der Waals surface area contributed by atoms with Gasteiger partial charge in [0.15, 0.2) is 9.84 Å². The maximum absolute atomic E-state index is 12.7. The number of amides is 2. The average molecular weight is 372 g/mol. The normalized spacial score (nSPS) is 15.6. The fourth-order valence-electron chi connectivity index (χ4n) is 3.09. The number of carbonyl (C=O) groups excluding carboxylic acids is 2. The van der Waals surface area contributed by atoms with E-state index in [1.165, 1.54) is 24.3 Å². The molecule has 136 valence electrons. The highest BCUT2D eigenvalue weighted by atomic mass is 32.2. The number of rotatable bonds is 4. The Balaban J connectivity index is 1.67. The van der Waals surface area contributed by atoms with Gasteiger partial charge >= 0.3 is 0 Å². The van der Waals surface area contributed by atoms with Gasteiger partial charge in [-0.05, 0) is 42.7 Å². The number of sulfone groups is 1. The zero-order valence-corrected chi connectivity index (χ0v) is 15.2. The van der Waals surface area contributed by atoms with Crippen LogP contribution in [0.4, 0.5) is 0 Å². The molecule has 7 heteroatoms. The van der Waals surface area contributed by atoms with Crippen molar-refractivity contribution in [2.75, 3.05) is 6.26 Å². The molecule has 26 heavy (non-hydrogen) atoms. The molecule has 0 heterocycles. The lowest BCUT2D eigenvalue weighted by Crippen LogP contribution is -2.54. The van der Waals surface area contributed by atoms with Crippen molar-refractivity contribution in [3.8, 4) is 0 Å². The molecule has 2 aromatic carbocycles. The topological polar surface area (TPSA) is 92.3 Å². The number of hydrazine groups is 1. The van der Waals surface area contributed by atoms with E-state index in [4.69, 9.17) is 0 Å². The molecule has 1 aliphatic rings. The summed E-state index contributed by atoms with van der Waals surface area (Å²) in [4.78, 5) is 25.0. The third kappa shape index (κ3) is 3.48. The van der Waals surface area contributed by atoms with Crippen molar-refractivity contribution in [3.05, 3.63) is 65.7 Å². The van der Waals surface area contributed by atoms with E-state index in [9.17, 15) is 18.0 Å². The minimum absolute atomic E-state index is 0.135. The van der Waals surface area contributed by atoms with Crippen LogP contribution < -0.4 is 10.9 Å². The first-order chi connectivity index (χ1) is 12.3. The van der Waals surface area contributed by atoms with Gasteiger partial charge in [0.2, 0.25) is 5.91 Å². The highest BCUT2D eigenvalue weighted by Crippen LogP contribution is 2.43. The Morgan fingerprint density at radius 3 is 2.04 bits per heavy atom. The van der Waals surface area contributed by atoms with Gasteiger partial charge in [-0.2, -0.15) is 0 Å². The second-order valence-corrected chi connectivity index (χ2v) is 8.52. The van der Waals surface area contributed by atoms with E-state index in [0.29, 0.717) is 0 Å². The van der Waals surface area contributed by atoms with E-state index in [-0.39, 0.29) is 16.4 Å². The Bertz CT molecular complexity index is 918. The predicted octanol–water partition coefficient (Wildman–Crippen LogP) is 1.97. The molecule has 2 N–H and O–H groups in total. The Morgan fingerprint density at radius 2 is 1.54 bits per heavy atom. The molecule has 0 aromatic heterocycles. The zero-order valence-electron chi connectivity index (χ0n) is 14.4. The summed E-state index contributed by atoms with van der Waals surface area (Å²) in [5.41, 5.74) is 5.52. The van der Waals surface area contributed by atoms with Crippen LogP contribution in [0.3, 0.4) is 0 Å². The van der Waals surface area contributed by atoms with Crippen LogP contribution in [0.5, 0.6) is 0 Å². The van der Waals surface area contributed by atoms with Crippen molar-refractivity contribution in [1.82, 2.24) is 10.9 Å². The highest BCUT2D eigenvalue weighted by Gasteiger charge is 2.45. The SMILES string of the molecule is CS(=O)(=O)c1ccc(C(=O)NNC(=O)C2(c3ccccc3)CCC2)cc1. The van der Waals surface area contributed by atoms with E-state index in [2.05, 4.69) is 10.9 Å². The Hall–Kier alpha value is -2.67. The number of hydrogen-bond donors (Lipinski definition) is 2. The average Bonchev–Trinajstić information content (AvgIpc) is 2.59. The van der Waals surface area contributed by atoms with Crippen molar-refractivity contribution in [2.24, 2.45) is 0 Å². The molecule has 0 unspecified atom stereocenters. The van der Waals surface area contributed by atoms with Crippen molar-refractivity contribution in [3.63, 3.8) is 0 Å². The third-order valence-corrected chi connectivity index (χ3v) is 5.93. The Labute approximate surface area is 152 Å².